The third-order valence-corrected chi connectivity index (χ3v) is 2.65. The van der Waals surface area contributed by atoms with Crippen LogP contribution in [0.2, 0.25) is 0 Å². The quantitative estimate of drug-likeness (QED) is 0.522. The molecule has 1 heterocycles. The Bertz CT molecular complexity index is 455. The van der Waals surface area contributed by atoms with Crippen LogP contribution in [0.4, 0.5) is 0 Å². The van der Waals surface area contributed by atoms with Crippen LogP contribution in [-0.2, 0) is 0 Å². The van der Waals surface area contributed by atoms with Gasteiger partial charge in [-0.15, -0.1) is 0 Å². The van der Waals surface area contributed by atoms with E-state index in [2.05, 4.69) is 63.0 Å². The van der Waals surface area contributed by atoms with Crippen molar-refractivity contribution in [1.82, 2.24) is 4.72 Å². The maximum atomic E-state index is 2.16. The van der Waals surface area contributed by atoms with Gasteiger partial charge >= 0.3 is 0 Å². The van der Waals surface area contributed by atoms with Crippen molar-refractivity contribution < 1.29 is 0 Å². The van der Waals surface area contributed by atoms with Gasteiger partial charge in [0.15, 0.2) is 0 Å². The van der Waals surface area contributed by atoms with E-state index in [9.17, 15) is 0 Å². The normalized spacial score (nSPS) is 14.9. The monoisotopic (exact) mass is 177 g/mol. The number of hydrogen-bond donors (Lipinski definition) is 0. The molecule has 0 aliphatic carbocycles. The van der Waals surface area contributed by atoms with Crippen molar-refractivity contribution in [1.29, 1.82) is 0 Å². The molecule has 0 bridgehead atoms. The highest BCUT2D eigenvalue weighted by Gasteiger charge is 2.17. The second-order valence-electron chi connectivity index (χ2n) is 3.72. The molecular formula is C11H9B2N. The van der Waals surface area contributed by atoms with E-state index in [1.54, 1.807) is 0 Å². The summed E-state index contributed by atoms with van der Waals surface area (Å²) in [6, 6.07) is 12.9. The molecule has 3 heteroatoms. The summed E-state index contributed by atoms with van der Waals surface area (Å²) in [5.74, 6) is 0. The van der Waals surface area contributed by atoms with Crippen molar-refractivity contribution in [3.63, 3.8) is 0 Å². The summed E-state index contributed by atoms with van der Waals surface area (Å²) >= 11 is 0. The van der Waals surface area contributed by atoms with E-state index in [0.29, 0.717) is 0 Å². The lowest BCUT2D eigenvalue weighted by molar-refractivity contribution is 0.864. The van der Waals surface area contributed by atoms with Gasteiger partial charge in [0.25, 0.3) is 0 Å². The van der Waals surface area contributed by atoms with Gasteiger partial charge < -0.3 is 4.72 Å². The Morgan fingerprint density at radius 3 is 2.07 bits per heavy atom. The van der Waals surface area contributed by atoms with E-state index in [-0.39, 0.29) is 0 Å². The van der Waals surface area contributed by atoms with Crippen LogP contribution < -0.4 is 10.9 Å². The van der Waals surface area contributed by atoms with Gasteiger partial charge in [-0.25, -0.2) is 0 Å². The van der Waals surface area contributed by atoms with Crippen molar-refractivity contribution in [2.75, 3.05) is 7.05 Å². The minimum absolute atomic E-state index is 1.31. The molecular weight excluding hydrogens is 168 g/mol. The standard InChI is InChI=1S/C11H9B2N/c1-14-12-9-6-2-4-8-5-3-7-10(13-14)11(8)9/h2-7H,1H3. The van der Waals surface area contributed by atoms with E-state index >= 15 is 0 Å². The molecule has 0 saturated carbocycles. The molecule has 14 heavy (non-hydrogen) atoms. The van der Waals surface area contributed by atoms with Crippen LogP contribution in [0.3, 0.4) is 0 Å². The van der Waals surface area contributed by atoms with E-state index < -0.39 is 0 Å². The first-order valence-corrected chi connectivity index (χ1v) is 4.78. The third-order valence-electron chi connectivity index (χ3n) is 2.65. The number of nitrogens with zero attached hydrogens (tertiary/aromatic N) is 1. The largest absolute Gasteiger partial charge is 0.387 e. The van der Waals surface area contributed by atoms with Gasteiger partial charge in [0.1, 0.15) is 0 Å². The number of benzene rings is 2. The fourth-order valence-corrected chi connectivity index (χ4v) is 2.09. The average molecular weight is 177 g/mol. The highest BCUT2D eigenvalue weighted by atomic mass is 14.9. The Balaban J connectivity index is 2.40. The maximum Gasteiger partial charge on any atom is 0.236 e. The summed E-state index contributed by atoms with van der Waals surface area (Å²) in [6.07, 6.45) is 0. The fourth-order valence-electron chi connectivity index (χ4n) is 2.09. The van der Waals surface area contributed by atoms with Crippen LogP contribution in [-0.4, -0.2) is 26.6 Å². The Kier molecular flexibility index (Phi) is 1.68. The van der Waals surface area contributed by atoms with Crippen molar-refractivity contribution in [3.8, 4) is 0 Å². The van der Waals surface area contributed by atoms with Crippen molar-refractivity contribution in [2.45, 2.75) is 0 Å². The molecule has 3 rings (SSSR count). The molecule has 1 nitrogen and oxygen atoms in total. The van der Waals surface area contributed by atoms with Crippen LogP contribution >= 0.6 is 0 Å². The molecule has 2 aromatic carbocycles. The van der Waals surface area contributed by atoms with Gasteiger partial charge in [-0.3, -0.25) is 0 Å². The lowest BCUT2D eigenvalue weighted by atomic mass is 9.60. The first-order valence-electron chi connectivity index (χ1n) is 4.78. The minimum atomic E-state index is 1.31. The topological polar surface area (TPSA) is 3.24 Å². The zero-order valence-corrected chi connectivity index (χ0v) is 8.07. The van der Waals surface area contributed by atoms with E-state index in [1.807, 2.05) is 0 Å². The van der Waals surface area contributed by atoms with Crippen molar-refractivity contribution in [3.05, 3.63) is 36.4 Å². The lowest BCUT2D eigenvalue weighted by Gasteiger charge is -2.23. The predicted molar refractivity (Wildman–Crippen MR) is 62.5 cm³/mol. The van der Waals surface area contributed by atoms with Gasteiger partial charge in [0, 0.05) is 0 Å². The van der Waals surface area contributed by atoms with Crippen molar-refractivity contribution >= 4 is 36.5 Å². The second kappa shape index (κ2) is 2.89. The SMILES string of the molecule is CN1[B]c2cccc3cccc(c23)[B]1. The highest BCUT2D eigenvalue weighted by Crippen LogP contribution is 2.11. The molecule has 1 aliphatic rings. The van der Waals surface area contributed by atoms with Crippen LogP contribution in [0.1, 0.15) is 0 Å². The number of hydrogen-bond acceptors (Lipinski definition) is 1. The lowest BCUT2D eigenvalue weighted by Crippen LogP contribution is -2.47. The Morgan fingerprint density at radius 1 is 0.929 bits per heavy atom. The van der Waals surface area contributed by atoms with Gasteiger partial charge in [0.2, 0.25) is 14.8 Å². The zero-order chi connectivity index (χ0) is 9.54. The fraction of sp³-hybridized carbons (Fsp3) is 0.0909. The molecule has 0 saturated heterocycles. The molecule has 2 aromatic rings. The summed E-state index contributed by atoms with van der Waals surface area (Å²) in [5, 5.41) is 2.69. The Labute approximate surface area is 85.3 Å². The number of rotatable bonds is 0. The molecule has 0 atom stereocenters. The summed E-state index contributed by atoms with van der Waals surface area (Å²) in [5.41, 5.74) is 2.62. The summed E-state index contributed by atoms with van der Waals surface area (Å²) in [4.78, 5) is 0. The minimum Gasteiger partial charge on any atom is -0.387 e. The van der Waals surface area contributed by atoms with E-state index in [0.717, 1.165) is 0 Å². The Hall–Kier alpha value is -1.21. The maximum absolute atomic E-state index is 2.16. The van der Waals surface area contributed by atoms with Crippen LogP contribution in [0.5, 0.6) is 0 Å². The molecule has 0 amide bonds. The van der Waals surface area contributed by atoms with Crippen LogP contribution in [0.25, 0.3) is 10.8 Å². The third kappa shape index (κ3) is 1.09. The van der Waals surface area contributed by atoms with Gasteiger partial charge in [-0.05, 0) is 17.8 Å². The van der Waals surface area contributed by atoms with Gasteiger partial charge in [0.05, 0.1) is 0 Å². The molecule has 1 aliphatic heterocycles. The summed E-state index contributed by atoms with van der Waals surface area (Å²) in [6.45, 7) is 0. The van der Waals surface area contributed by atoms with Gasteiger partial charge in [-0.1, -0.05) is 47.3 Å². The van der Waals surface area contributed by atoms with Gasteiger partial charge in [-0.2, -0.15) is 0 Å². The highest BCUT2D eigenvalue weighted by molar-refractivity contribution is 6.74. The second-order valence-corrected chi connectivity index (χ2v) is 3.72. The summed E-state index contributed by atoms with van der Waals surface area (Å²) < 4.78 is 2.11. The zero-order valence-electron chi connectivity index (χ0n) is 8.07. The van der Waals surface area contributed by atoms with Crippen molar-refractivity contribution in [2.24, 2.45) is 0 Å². The van der Waals surface area contributed by atoms with E-state index in [4.69, 9.17) is 0 Å². The first kappa shape index (κ1) is 8.13. The van der Waals surface area contributed by atoms with Crippen LogP contribution in [0.15, 0.2) is 36.4 Å². The molecule has 0 N–H and O–H groups in total. The molecule has 0 spiro atoms. The molecule has 64 valence electrons. The molecule has 0 aromatic heterocycles. The Morgan fingerprint density at radius 2 is 1.50 bits per heavy atom. The smallest absolute Gasteiger partial charge is 0.236 e. The molecule has 0 unspecified atom stereocenters. The molecule has 2 radical (unpaired) electrons. The summed E-state index contributed by atoms with van der Waals surface area (Å²) in [7, 11) is 6.39. The predicted octanol–water partition coefficient (Wildman–Crippen LogP) is 0.274. The molecule has 0 fully saturated rings. The average Bonchev–Trinajstić information content (AvgIpc) is 2.18. The van der Waals surface area contributed by atoms with E-state index in [1.165, 1.54) is 21.7 Å². The first-order chi connectivity index (χ1) is 6.84. The van der Waals surface area contributed by atoms with Crippen LogP contribution in [0, 0.1) is 0 Å².